The van der Waals surface area contributed by atoms with Crippen molar-refractivity contribution in [2.45, 2.75) is 44.1 Å². The van der Waals surface area contributed by atoms with Crippen LogP contribution in [-0.2, 0) is 14.3 Å². The van der Waals surface area contributed by atoms with Gasteiger partial charge in [0, 0.05) is 19.8 Å². The second-order valence-corrected chi connectivity index (χ2v) is 5.74. The Bertz CT molecular complexity index is 358. The summed E-state index contributed by atoms with van der Waals surface area (Å²) in [5, 5.41) is 12.1. The lowest BCUT2D eigenvalue weighted by Crippen LogP contribution is -2.55. The van der Waals surface area contributed by atoms with Gasteiger partial charge in [-0.05, 0) is 25.7 Å². The second-order valence-electron chi connectivity index (χ2n) is 5.74. The first-order valence-corrected chi connectivity index (χ1v) is 6.87. The first kappa shape index (κ1) is 14.3. The minimum Gasteiger partial charge on any atom is -0.481 e. The number of hydrogen-bond donors (Lipinski definition) is 3. The molecule has 6 nitrogen and oxygen atoms in total. The number of hydrogen-bond acceptors (Lipinski definition) is 4. The number of carboxylic acid groups (broad SMARTS) is 1. The van der Waals surface area contributed by atoms with E-state index in [0.717, 1.165) is 12.8 Å². The molecule has 1 heterocycles. The van der Waals surface area contributed by atoms with Gasteiger partial charge in [-0.1, -0.05) is 12.8 Å². The quantitative estimate of drug-likeness (QED) is 0.680. The molecule has 0 bridgehead atoms. The number of amides is 1. The van der Waals surface area contributed by atoms with Gasteiger partial charge in [-0.2, -0.15) is 0 Å². The highest BCUT2D eigenvalue weighted by Gasteiger charge is 2.43. The van der Waals surface area contributed by atoms with Gasteiger partial charge in [-0.25, -0.2) is 0 Å². The molecule has 0 aromatic heterocycles. The number of carboxylic acids is 1. The van der Waals surface area contributed by atoms with E-state index < -0.39 is 16.9 Å². The maximum absolute atomic E-state index is 12.1. The minimum atomic E-state index is -0.900. The van der Waals surface area contributed by atoms with E-state index in [1.54, 1.807) is 0 Å². The van der Waals surface area contributed by atoms with Gasteiger partial charge >= 0.3 is 5.97 Å². The SMILES string of the molecule is NC1(C(=O)NCC2(C(=O)O)CCOCC2)CCCC1. The maximum atomic E-state index is 12.1. The molecule has 2 aliphatic rings. The fourth-order valence-corrected chi connectivity index (χ4v) is 2.89. The van der Waals surface area contributed by atoms with Crippen LogP contribution < -0.4 is 11.1 Å². The van der Waals surface area contributed by atoms with E-state index in [-0.39, 0.29) is 12.5 Å². The monoisotopic (exact) mass is 270 g/mol. The van der Waals surface area contributed by atoms with Crippen molar-refractivity contribution in [3.05, 3.63) is 0 Å². The molecular formula is C13H22N2O4. The van der Waals surface area contributed by atoms with Gasteiger partial charge in [0.25, 0.3) is 0 Å². The van der Waals surface area contributed by atoms with Crippen molar-refractivity contribution in [1.29, 1.82) is 0 Å². The Labute approximate surface area is 112 Å². The number of carbonyl (C=O) groups is 2. The molecule has 108 valence electrons. The largest absolute Gasteiger partial charge is 0.481 e. The zero-order valence-corrected chi connectivity index (χ0v) is 11.1. The van der Waals surface area contributed by atoms with Crippen molar-refractivity contribution in [2.24, 2.45) is 11.1 Å². The molecule has 1 aliphatic carbocycles. The van der Waals surface area contributed by atoms with Crippen LogP contribution >= 0.6 is 0 Å². The van der Waals surface area contributed by atoms with Crippen LogP contribution in [-0.4, -0.2) is 42.3 Å². The van der Waals surface area contributed by atoms with Crippen molar-refractivity contribution in [1.82, 2.24) is 5.32 Å². The van der Waals surface area contributed by atoms with Gasteiger partial charge in [0.05, 0.1) is 11.0 Å². The average Bonchev–Trinajstić information content (AvgIpc) is 2.85. The first-order valence-electron chi connectivity index (χ1n) is 6.87. The van der Waals surface area contributed by atoms with Gasteiger partial charge in [0.2, 0.25) is 5.91 Å². The topological polar surface area (TPSA) is 102 Å². The lowest BCUT2D eigenvalue weighted by Gasteiger charge is -2.34. The zero-order chi connectivity index (χ0) is 13.9. The molecule has 1 saturated carbocycles. The zero-order valence-electron chi connectivity index (χ0n) is 11.1. The van der Waals surface area contributed by atoms with Crippen molar-refractivity contribution in [3.8, 4) is 0 Å². The van der Waals surface area contributed by atoms with E-state index in [2.05, 4.69) is 5.32 Å². The van der Waals surface area contributed by atoms with Crippen LogP contribution in [0.1, 0.15) is 38.5 Å². The van der Waals surface area contributed by atoms with Gasteiger partial charge in [0.1, 0.15) is 0 Å². The van der Waals surface area contributed by atoms with E-state index in [1.807, 2.05) is 0 Å². The lowest BCUT2D eigenvalue weighted by molar-refractivity contribution is -0.154. The van der Waals surface area contributed by atoms with Crippen LogP contribution in [0.4, 0.5) is 0 Å². The Morgan fingerprint density at radius 1 is 1.16 bits per heavy atom. The van der Waals surface area contributed by atoms with Gasteiger partial charge in [-0.3, -0.25) is 9.59 Å². The van der Waals surface area contributed by atoms with Crippen LogP contribution in [0, 0.1) is 5.41 Å². The Morgan fingerprint density at radius 2 is 1.74 bits per heavy atom. The number of rotatable bonds is 4. The molecule has 4 N–H and O–H groups in total. The van der Waals surface area contributed by atoms with E-state index in [4.69, 9.17) is 10.5 Å². The molecule has 0 aromatic rings. The van der Waals surface area contributed by atoms with Crippen molar-refractivity contribution >= 4 is 11.9 Å². The number of ether oxygens (including phenoxy) is 1. The molecule has 2 fully saturated rings. The van der Waals surface area contributed by atoms with E-state index >= 15 is 0 Å². The molecule has 1 aliphatic heterocycles. The molecule has 0 atom stereocenters. The van der Waals surface area contributed by atoms with Crippen molar-refractivity contribution in [3.63, 3.8) is 0 Å². The smallest absolute Gasteiger partial charge is 0.311 e. The highest BCUT2D eigenvalue weighted by atomic mass is 16.5. The molecule has 19 heavy (non-hydrogen) atoms. The normalized spacial score (nSPS) is 24.9. The van der Waals surface area contributed by atoms with Gasteiger partial charge in [-0.15, -0.1) is 0 Å². The second kappa shape index (κ2) is 5.46. The van der Waals surface area contributed by atoms with Crippen LogP contribution in [0.5, 0.6) is 0 Å². The number of carbonyl (C=O) groups excluding carboxylic acids is 1. The summed E-state index contributed by atoms with van der Waals surface area (Å²) in [6, 6.07) is 0. The van der Waals surface area contributed by atoms with Gasteiger partial charge < -0.3 is 20.9 Å². The van der Waals surface area contributed by atoms with Crippen molar-refractivity contribution < 1.29 is 19.4 Å². The lowest BCUT2D eigenvalue weighted by atomic mass is 9.80. The molecule has 0 spiro atoms. The summed E-state index contributed by atoms with van der Waals surface area (Å²) < 4.78 is 5.20. The van der Waals surface area contributed by atoms with E-state index in [0.29, 0.717) is 38.9 Å². The first-order chi connectivity index (χ1) is 8.99. The molecular weight excluding hydrogens is 248 g/mol. The highest BCUT2D eigenvalue weighted by Crippen LogP contribution is 2.31. The summed E-state index contributed by atoms with van der Waals surface area (Å²) in [5.74, 6) is -1.08. The molecule has 1 amide bonds. The third-order valence-corrected chi connectivity index (χ3v) is 4.44. The predicted octanol–water partition coefficient (Wildman–Crippen LogP) is 0.255. The van der Waals surface area contributed by atoms with Gasteiger partial charge in [0.15, 0.2) is 0 Å². The third kappa shape index (κ3) is 2.90. The summed E-state index contributed by atoms with van der Waals surface area (Å²) in [5.41, 5.74) is 4.35. The molecule has 0 unspecified atom stereocenters. The number of nitrogens with one attached hydrogen (secondary N) is 1. The summed E-state index contributed by atoms with van der Waals surface area (Å²) in [6.45, 7) is 0.995. The van der Waals surface area contributed by atoms with Crippen LogP contribution in [0.15, 0.2) is 0 Å². The van der Waals surface area contributed by atoms with Crippen LogP contribution in [0.2, 0.25) is 0 Å². The Hall–Kier alpha value is -1.14. The minimum absolute atomic E-state index is 0.142. The predicted molar refractivity (Wildman–Crippen MR) is 68.5 cm³/mol. The summed E-state index contributed by atoms with van der Waals surface area (Å²) in [6.07, 6.45) is 4.15. The summed E-state index contributed by atoms with van der Waals surface area (Å²) >= 11 is 0. The summed E-state index contributed by atoms with van der Waals surface area (Å²) in [4.78, 5) is 23.6. The standard InChI is InChI=1S/C13H22N2O4/c14-13(3-1-2-4-13)10(16)15-9-12(11(17)18)5-7-19-8-6-12/h1-9,14H2,(H,15,16)(H,17,18). The molecule has 2 rings (SSSR count). The highest BCUT2D eigenvalue weighted by molar-refractivity contribution is 5.87. The Morgan fingerprint density at radius 3 is 2.26 bits per heavy atom. The fourth-order valence-electron chi connectivity index (χ4n) is 2.89. The molecule has 0 aromatic carbocycles. The van der Waals surface area contributed by atoms with Crippen LogP contribution in [0.3, 0.4) is 0 Å². The molecule has 1 saturated heterocycles. The fraction of sp³-hybridized carbons (Fsp3) is 0.846. The number of nitrogens with two attached hydrogens (primary N) is 1. The maximum Gasteiger partial charge on any atom is 0.311 e. The molecule has 6 heteroatoms. The van der Waals surface area contributed by atoms with Crippen LogP contribution in [0.25, 0.3) is 0 Å². The van der Waals surface area contributed by atoms with E-state index in [9.17, 15) is 14.7 Å². The summed E-state index contributed by atoms with van der Waals surface area (Å²) in [7, 11) is 0. The Kier molecular flexibility index (Phi) is 4.10. The average molecular weight is 270 g/mol. The Balaban J connectivity index is 1.95. The number of aliphatic carboxylic acids is 1. The third-order valence-electron chi connectivity index (χ3n) is 4.44. The van der Waals surface area contributed by atoms with Crippen molar-refractivity contribution in [2.75, 3.05) is 19.8 Å². The molecule has 0 radical (unpaired) electrons. The van der Waals surface area contributed by atoms with E-state index in [1.165, 1.54) is 0 Å².